The lowest BCUT2D eigenvalue weighted by atomic mass is 10.2. The normalized spacial score (nSPS) is 11.4. The molecular formula is C16H10BrF4N5O2. The second kappa shape index (κ2) is 7.54. The van der Waals surface area contributed by atoms with Crippen molar-refractivity contribution >= 4 is 27.5 Å². The van der Waals surface area contributed by atoms with Crippen LogP contribution in [-0.4, -0.2) is 33.0 Å². The van der Waals surface area contributed by atoms with E-state index in [0.29, 0.717) is 9.15 Å². The first kappa shape index (κ1) is 19.7. The lowest BCUT2D eigenvalue weighted by Crippen LogP contribution is -2.21. The smallest absolute Gasteiger partial charge is 0.434 e. The number of amides is 1. The maximum atomic E-state index is 13.9. The van der Waals surface area contributed by atoms with Gasteiger partial charge in [0.15, 0.2) is 11.5 Å². The molecule has 3 aromatic rings. The van der Waals surface area contributed by atoms with E-state index in [-0.39, 0.29) is 17.4 Å². The van der Waals surface area contributed by atoms with Gasteiger partial charge in [-0.2, -0.15) is 18.3 Å². The van der Waals surface area contributed by atoms with Gasteiger partial charge < -0.3 is 10.1 Å². The standard InChI is InChI=1S/C16H10BrF4N5O2/c1-28-13-5-4-12(24-25-13)26-14(16(19,20)21)9(7-22-26)15(27)23-11-3-2-8(17)6-10(11)18/h2-7H,1H3,(H,23,27). The minimum Gasteiger partial charge on any atom is -0.480 e. The van der Waals surface area contributed by atoms with Gasteiger partial charge in [-0.1, -0.05) is 15.9 Å². The van der Waals surface area contributed by atoms with Crippen LogP contribution in [-0.2, 0) is 6.18 Å². The molecule has 0 aliphatic heterocycles. The number of carbonyl (C=O) groups is 1. The number of aromatic nitrogens is 4. The Morgan fingerprint density at radius 1 is 1.21 bits per heavy atom. The Morgan fingerprint density at radius 2 is 1.96 bits per heavy atom. The van der Waals surface area contributed by atoms with Crippen LogP contribution in [0.5, 0.6) is 5.88 Å². The topological polar surface area (TPSA) is 81.9 Å². The highest BCUT2D eigenvalue weighted by atomic mass is 79.9. The number of benzene rings is 1. The van der Waals surface area contributed by atoms with Crippen molar-refractivity contribution < 1.29 is 27.1 Å². The molecule has 2 heterocycles. The Morgan fingerprint density at radius 3 is 2.54 bits per heavy atom. The highest BCUT2D eigenvalue weighted by Gasteiger charge is 2.41. The average Bonchev–Trinajstić information content (AvgIpc) is 3.10. The van der Waals surface area contributed by atoms with E-state index in [1.54, 1.807) is 0 Å². The molecule has 2 aromatic heterocycles. The SMILES string of the molecule is COc1ccc(-n2ncc(C(=O)Nc3ccc(Br)cc3F)c2C(F)(F)F)nn1. The van der Waals surface area contributed by atoms with Gasteiger partial charge in [0.25, 0.3) is 5.91 Å². The Balaban J connectivity index is 2.01. The Labute approximate surface area is 163 Å². The molecule has 0 radical (unpaired) electrons. The number of anilines is 1. The van der Waals surface area contributed by atoms with Crippen molar-refractivity contribution in [3.63, 3.8) is 0 Å². The molecule has 0 saturated heterocycles. The van der Waals surface area contributed by atoms with Crippen LogP contribution in [0.1, 0.15) is 16.1 Å². The monoisotopic (exact) mass is 459 g/mol. The zero-order valence-electron chi connectivity index (χ0n) is 14.0. The molecule has 146 valence electrons. The van der Waals surface area contributed by atoms with Crippen molar-refractivity contribution in [3.8, 4) is 11.7 Å². The van der Waals surface area contributed by atoms with Crippen molar-refractivity contribution in [2.45, 2.75) is 6.18 Å². The summed E-state index contributed by atoms with van der Waals surface area (Å²) in [5.41, 5.74) is -2.45. The van der Waals surface area contributed by atoms with Gasteiger partial charge in [-0.05, 0) is 24.3 Å². The molecule has 0 aliphatic rings. The fourth-order valence-electron chi connectivity index (χ4n) is 2.28. The number of methoxy groups -OCH3 is 1. The van der Waals surface area contributed by atoms with Crippen molar-refractivity contribution in [2.75, 3.05) is 12.4 Å². The number of hydrogen-bond donors (Lipinski definition) is 1. The summed E-state index contributed by atoms with van der Waals surface area (Å²) in [4.78, 5) is 12.4. The second-order valence-corrected chi connectivity index (χ2v) is 6.24. The van der Waals surface area contributed by atoms with Gasteiger partial charge in [-0.25, -0.2) is 9.07 Å². The van der Waals surface area contributed by atoms with E-state index in [4.69, 9.17) is 4.74 Å². The number of nitrogens with zero attached hydrogens (tertiary/aromatic N) is 4. The molecule has 0 fully saturated rings. The number of rotatable bonds is 4. The molecule has 1 N–H and O–H groups in total. The first-order valence-corrected chi connectivity index (χ1v) is 8.29. The van der Waals surface area contributed by atoms with E-state index in [0.717, 1.165) is 12.3 Å². The van der Waals surface area contributed by atoms with Crippen molar-refractivity contribution in [3.05, 3.63) is 58.1 Å². The molecule has 1 aromatic carbocycles. The lowest BCUT2D eigenvalue weighted by Gasteiger charge is -2.12. The summed E-state index contributed by atoms with van der Waals surface area (Å²) < 4.78 is 60.4. The summed E-state index contributed by atoms with van der Waals surface area (Å²) in [6, 6.07) is 6.20. The fraction of sp³-hybridized carbons (Fsp3) is 0.125. The van der Waals surface area contributed by atoms with Crippen LogP contribution in [0.4, 0.5) is 23.2 Å². The quantitative estimate of drug-likeness (QED) is 0.599. The van der Waals surface area contributed by atoms with Crippen LogP contribution in [0.15, 0.2) is 41.0 Å². The second-order valence-electron chi connectivity index (χ2n) is 5.33. The Bertz CT molecular complexity index is 1020. The molecule has 0 spiro atoms. The van der Waals surface area contributed by atoms with Crippen LogP contribution >= 0.6 is 15.9 Å². The molecule has 0 unspecified atom stereocenters. The van der Waals surface area contributed by atoms with Crippen molar-refractivity contribution in [1.29, 1.82) is 0 Å². The number of carbonyl (C=O) groups excluding carboxylic acids is 1. The summed E-state index contributed by atoms with van der Waals surface area (Å²) in [6.07, 6.45) is -4.22. The third-order valence-electron chi connectivity index (χ3n) is 3.51. The zero-order valence-corrected chi connectivity index (χ0v) is 15.5. The van der Waals surface area contributed by atoms with Gasteiger partial charge in [0.2, 0.25) is 5.88 Å². The van der Waals surface area contributed by atoms with E-state index < -0.39 is 29.2 Å². The van der Waals surface area contributed by atoms with Gasteiger partial charge >= 0.3 is 6.18 Å². The minimum atomic E-state index is -4.94. The van der Waals surface area contributed by atoms with Gasteiger partial charge in [0.1, 0.15) is 5.82 Å². The van der Waals surface area contributed by atoms with E-state index in [2.05, 4.69) is 36.5 Å². The molecule has 28 heavy (non-hydrogen) atoms. The number of nitrogens with one attached hydrogen (secondary N) is 1. The summed E-state index contributed by atoms with van der Waals surface area (Å²) in [5, 5.41) is 12.9. The maximum Gasteiger partial charge on any atom is 0.434 e. The molecule has 1 amide bonds. The summed E-state index contributed by atoms with van der Waals surface area (Å²) >= 11 is 3.05. The first-order chi connectivity index (χ1) is 13.2. The lowest BCUT2D eigenvalue weighted by molar-refractivity contribution is -0.143. The van der Waals surface area contributed by atoms with Crippen LogP contribution < -0.4 is 10.1 Å². The third-order valence-corrected chi connectivity index (χ3v) is 4.01. The molecular weight excluding hydrogens is 450 g/mol. The van der Waals surface area contributed by atoms with Gasteiger partial charge in [0.05, 0.1) is 24.6 Å². The summed E-state index contributed by atoms with van der Waals surface area (Å²) in [7, 11) is 1.32. The molecule has 0 aliphatic carbocycles. The maximum absolute atomic E-state index is 13.9. The Hall–Kier alpha value is -3.02. The predicted octanol–water partition coefficient (Wildman–Crippen LogP) is 3.84. The minimum absolute atomic E-state index is 0.0909. The van der Waals surface area contributed by atoms with Gasteiger partial charge in [-0.3, -0.25) is 4.79 Å². The summed E-state index contributed by atoms with van der Waals surface area (Å²) in [5.74, 6) is -2.18. The first-order valence-electron chi connectivity index (χ1n) is 7.50. The van der Waals surface area contributed by atoms with Crippen LogP contribution in [0.2, 0.25) is 0 Å². The van der Waals surface area contributed by atoms with E-state index in [9.17, 15) is 22.4 Å². The van der Waals surface area contributed by atoms with Gasteiger partial charge in [0, 0.05) is 10.5 Å². The van der Waals surface area contributed by atoms with Crippen LogP contribution in [0.25, 0.3) is 5.82 Å². The van der Waals surface area contributed by atoms with Crippen molar-refractivity contribution in [2.24, 2.45) is 0 Å². The molecule has 3 rings (SSSR count). The van der Waals surface area contributed by atoms with Crippen LogP contribution in [0.3, 0.4) is 0 Å². The molecule has 0 bridgehead atoms. The largest absolute Gasteiger partial charge is 0.480 e. The number of ether oxygens (including phenoxy) is 1. The molecule has 12 heteroatoms. The van der Waals surface area contributed by atoms with E-state index in [1.165, 1.54) is 31.4 Å². The van der Waals surface area contributed by atoms with Gasteiger partial charge in [-0.15, -0.1) is 10.2 Å². The van der Waals surface area contributed by atoms with E-state index in [1.807, 2.05) is 0 Å². The summed E-state index contributed by atoms with van der Waals surface area (Å²) in [6.45, 7) is 0. The molecule has 7 nitrogen and oxygen atoms in total. The fourth-order valence-corrected chi connectivity index (χ4v) is 2.61. The Kier molecular flexibility index (Phi) is 5.31. The molecule has 0 atom stereocenters. The average molecular weight is 460 g/mol. The van der Waals surface area contributed by atoms with E-state index >= 15 is 0 Å². The number of halogens is 5. The highest BCUT2D eigenvalue weighted by molar-refractivity contribution is 9.10. The van der Waals surface area contributed by atoms with Crippen LogP contribution in [0, 0.1) is 5.82 Å². The molecule has 0 saturated carbocycles. The highest BCUT2D eigenvalue weighted by Crippen LogP contribution is 2.34. The third kappa shape index (κ3) is 3.96. The number of hydrogen-bond acceptors (Lipinski definition) is 5. The predicted molar refractivity (Wildman–Crippen MR) is 92.8 cm³/mol. The number of alkyl halides is 3. The zero-order chi connectivity index (χ0) is 20.5. The van der Waals surface area contributed by atoms with Crippen molar-refractivity contribution in [1.82, 2.24) is 20.0 Å².